The van der Waals surface area contributed by atoms with Crippen molar-refractivity contribution in [3.63, 3.8) is 0 Å². The van der Waals surface area contributed by atoms with Crippen LogP contribution in [0.1, 0.15) is 65.2 Å². The van der Waals surface area contributed by atoms with Gasteiger partial charge < -0.3 is 9.16 Å². The summed E-state index contributed by atoms with van der Waals surface area (Å²) in [7, 11) is -2.01. The molecule has 0 unspecified atom stereocenters. The predicted molar refractivity (Wildman–Crippen MR) is 124 cm³/mol. The van der Waals surface area contributed by atoms with Crippen LogP contribution < -0.4 is 4.74 Å². The van der Waals surface area contributed by atoms with Gasteiger partial charge in [0.25, 0.3) is 0 Å². The van der Waals surface area contributed by atoms with Gasteiger partial charge in [-0.15, -0.1) is 0 Å². The van der Waals surface area contributed by atoms with Crippen LogP contribution in [0.4, 0.5) is 4.39 Å². The Morgan fingerprint density at radius 3 is 2.40 bits per heavy atom. The van der Waals surface area contributed by atoms with Crippen LogP contribution in [0, 0.1) is 11.2 Å². The minimum Gasteiger partial charge on any atom is -0.477 e. The Bertz CT molecular complexity index is 912. The summed E-state index contributed by atoms with van der Waals surface area (Å²) in [6, 6.07) is 7.36. The molecule has 0 radical (unpaired) electrons. The van der Waals surface area contributed by atoms with Gasteiger partial charge in [-0.2, -0.15) is 0 Å². The Morgan fingerprint density at radius 2 is 1.77 bits per heavy atom. The Hall–Kier alpha value is -1.72. The summed E-state index contributed by atoms with van der Waals surface area (Å²) in [5, 5.41) is 0.0845. The van der Waals surface area contributed by atoms with Crippen molar-refractivity contribution in [2.75, 3.05) is 6.61 Å². The molecule has 2 aromatic rings. The Labute approximate surface area is 182 Å². The van der Waals surface area contributed by atoms with Gasteiger partial charge in [-0.05, 0) is 65.7 Å². The Balaban J connectivity index is 1.99. The molecule has 30 heavy (non-hydrogen) atoms. The normalized spacial score (nSPS) is 17.2. The number of nitrogens with zero attached hydrogens (tertiary/aromatic N) is 1. The van der Waals surface area contributed by atoms with Crippen molar-refractivity contribution in [1.29, 1.82) is 0 Å². The van der Waals surface area contributed by atoms with Gasteiger partial charge in [0.05, 0.1) is 12.7 Å². The molecule has 1 heterocycles. The Kier molecular flexibility index (Phi) is 6.18. The third-order valence-electron chi connectivity index (χ3n) is 6.23. The van der Waals surface area contributed by atoms with E-state index >= 15 is 4.39 Å². The van der Waals surface area contributed by atoms with E-state index in [0.717, 1.165) is 35.1 Å². The minimum atomic E-state index is -2.01. The van der Waals surface area contributed by atoms with Gasteiger partial charge in [0.1, 0.15) is 5.82 Å². The van der Waals surface area contributed by atoms with Crippen LogP contribution in [0.3, 0.4) is 0 Å². The monoisotopic (exact) mass is 429 g/mol. The van der Waals surface area contributed by atoms with E-state index in [0.29, 0.717) is 12.5 Å². The average Bonchev–Trinajstić information content (AvgIpc) is 3.03. The van der Waals surface area contributed by atoms with E-state index in [4.69, 9.17) is 9.16 Å². The van der Waals surface area contributed by atoms with E-state index < -0.39 is 8.32 Å². The molecule has 1 atom stereocenters. The fourth-order valence-corrected chi connectivity index (χ4v) is 4.87. The third-order valence-corrected chi connectivity index (χ3v) is 10.7. The molecular weight excluding hydrogens is 393 g/mol. The molecular formula is C25H36FNO2Si. The zero-order valence-corrected chi connectivity index (χ0v) is 20.7. The van der Waals surface area contributed by atoms with E-state index in [9.17, 15) is 0 Å². The molecule has 0 saturated carbocycles. The number of pyridine rings is 1. The Morgan fingerprint density at radius 1 is 1.07 bits per heavy atom. The SMILES string of the molecule is CC(C)(C)COc1ncccc1-c1ccc(F)c2c1CC[C@@H]2O[Si](C)(C)C(C)(C)C. The average molecular weight is 430 g/mol. The van der Waals surface area contributed by atoms with Crippen molar-refractivity contribution in [3.05, 3.63) is 47.4 Å². The predicted octanol–water partition coefficient (Wildman–Crippen LogP) is 7.32. The summed E-state index contributed by atoms with van der Waals surface area (Å²) >= 11 is 0. The standard InChI is InChI=1S/C25H36FNO2Si/c1-24(2,3)16-28-23-19(10-9-15-27-23)17-11-13-20(26)22-18(17)12-14-21(22)29-30(7,8)25(4,5)6/h9-11,13,15,21H,12,14,16H2,1-8H3/t21-/m0/s1. The zero-order chi connectivity index (χ0) is 22.3. The van der Waals surface area contributed by atoms with Crippen molar-refractivity contribution in [3.8, 4) is 17.0 Å². The molecule has 0 spiro atoms. The quantitative estimate of drug-likeness (QED) is 0.467. The highest BCUT2D eigenvalue weighted by Crippen LogP contribution is 2.47. The van der Waals surface area contributed by atoms with Crippen LogP contribution >= 0.6 is 0 Å². The number of rotatable bonds is 5. The zero-order valence-electron chi connectivity index (χ0n) is 19.7. The van der Waals surface area contributed by atoms with Crippen molar-refractivity contribution in [2.45, 2.75) is 78.6 Å². The number of fused-ring (bicyclic) bond motifs is 1. The molecule has 3 rings (SSSR count). The second kappa shape index (κ2) is 8.08. The molecule has 0 bridgehead atoms. The first kappa shape index (κ1) is 23.0. The smallest absolute Gasteiger partial charge is 0.221 e. The van der Waals surface area contributed by atoms with Crippen LogP contribution in [0.5, 0.6) is 5.88 Å². The molecule has 0 N–H and O–H groups in total. The number of benzene rings is 1. The van der Waals surface area contributed by atoms with Gasteiger partial charge in [-0.25, -0.2) is 9.37 Å². The number of aromatic nitrogens is 1. The van der Waals surface area contributed by atoms with Crippen LogP contribution in [0.25, 0.3) is 11.1 Å². The summed E-state index contributed by atoms with van der Waals surface area (Å²) in [6.07, 6.45) is 3.18. The lowest BCUT2D eigenvalue weighted by Gasteiger charge is -2.38. The van der Waals surface area contributed by atoms with Crippen LogP contribution in [0.2, 0.25) is 18.1 Å². The molecule has 5 heteroatoms. The second-order valence-corrected chi connectivity index (χ2v) is 15.9. The van der Waals surface area contributed by atoms with Crippen molar-refractivity contribution >= 4 is 8.32 Å². The van der Waals surface area contributed by atoms with Crippen LogP contribution in [-0.2, 0) is 10.8 Å². The van der Waals surface area contributed by atoms with E-state index in [1.807, 2.05) is 18.2 Å². The van der Waals surface area contributed by atoms with Gasteiger partial charge in [0.15, 0.2) is 8.32 Å². The van der Waals surface area contributed by atoms with Gasteiger partial charge in [0, 0.05) is 17.3 Å². The summed E-state index contributed by atoms with van der Waals surface area (Å²) in [5.41, 5.74) is 3.72. The lowest BCUT2D eigenvalue weighted by Crippen LogP contribution is -2.41. The van der Waals surface area contributed by atoms with Gasteiger partial charge in [-0.1, -0.05) is 47.6 Å². The highest BCUT2D eigenvalue weighted by atomic mass is 28.4. The highest BCUT2D eigenvalue weighted by Gasteiger charge is 2.42. The third kappa shape index (κ3) is 4.78. The summed E-state index contributed by atoms with van der Waals surface area (Å²) in [6.45, 7) is 18.1. The lowest BCUT2D eigenvalue weighted by atomic mass is 9.96. The number of halogens is 1. The molecule has 0 fully saturated rings. The maximum atomic E-state index is 15.0. The fourth-order valence-electron chi connectivity index (χ4n) is 3.57. The molecule has 0 aliphatic heterocycles. The highest BCUT2D eigenvalue weighted by molar-refractivity contribution is 6.74. The maximum Gasteiger partial charge on any atom is 0.221 e. The summed E-state index contributed by atoms with van der Waals surface area (Å²) in [5.74, 6) is 0.436. The number of hydrogen-bond acceptors (Lipinski definition) is 3. The molecule has 1 aliphatic rings. The van der Waals surface area contributed by atoms with E-state index in [1.54, 1.807) is 12.3 Å². The molecule has 0 amide bonds. The molecule has 164 valence electrons. The molecule has 3 nitrogen and oxygen atoms in total. The van der Waals surface area contributed by atoms with Crippen LogP contribution in [-0.4, -0.2) is 19.9 Å². The number of ether oxygens (including phenoxy) is 1. The molecule has 1 aliphatic carbocycles. The van der Waals surface area contributed by atoms with E-state index in [1.165, 1.54) is 0 Å². The van der Waals surface area contributed by atoms with Crippen molar-refractivity contribution in [1.82, 2.24) is 4.98 Å². The second-order valence-electron chi connectivity index (χ2n) is 11.1. The summed E-state index contributed by atoms with van der Waals surface area (Å²) < 4.78 is 27.7. The topological polar surface area (TPSA) is 31.4 Å². The van der Waals surface area contributed by atoms with Crippen molar-refractivity contribution < 1.29 is 13.6 Å². The molecule has 1 aromatic carbocycles. The van der Waals surface area contributed by atoms with E-state index in [-0.39, 0.29) is 22.4 Å². The van der Waals surface area contributed by atoms with Gasteiger partial charge >= 0.3 is 0 Å². The summed E-state index contributed by atoms with van der Waals surface area (Å²) in [4.78, 5) is 4.48. The van der Waals surface area contributed by atoms with Crippen molar-refractivity contribution in [2.24, 2.45) is 5.41 Å². The van der Waals surface area contributed by atoms with Gasteiger partial charge in [-0.3, -0.25) is 0 Å². The fraction of sp³-hybridized carbons (Fsp3) is 0.560. The first-order valence-corrected chi connectivity index (χ1v) is 13.8. The van der Waals surface area contributed by atoms with E-state index in [2.05, 4.69) is 59.6 Å². The molecule has 1 aromatic heterocycles. The van der Waals surface area contributed by atoms with Gasteiger partial charge in [0.2, 0.25) is 5.88 Å². The largest absolute Gasteiger partial charge is 0.477 e. The lowest BCUT2D eigenvalue weighted by molar-refractivity contribution is 0.181. The first-order valence-electron chi connectivity index (χ1n) is 10.9. The first-order chi connectivity index (χ1) is 13.8. The van der Waals surface area contributed by atoms with Crippen LogP contribution in [0.15, 0.2) is 30.5 Å². The number of hydrogen-bond donors (Lipinski definition) is 0. The molecule has 0 saturated heterocycles. The minimum absolute atomic E-state index is 0.0294. The maximum absolute atomic E-state index is 15.0.